The number of halogens is 4. The molecule has 0 unspecified atom stereocenters. The first-order chi connectivity index (χ1) is 17.6. The summed E-state index contributed by atoms with van der Waals surface area (Å²) in [5.74, 6) is -1.30. The zero-order valence-corrected chi connectivity index (χ0v) is 19.7. The van der Waals surface area contributed by atoms with Crippen LogP contribution < -0.4 is 15.0 Å². The Morgan fingerprint density at radius 1 is 1.16 bits per heavy atom. The fourth-order valence-electron chi connectivity index (χ4n) is 3.50. The van der Waals surface area contributed by atoms with E-state index in [1.165, 1.54) is 37.4 Å². The molecule has 0 fully saturated rings. The molecule has 0 aliphatic carbocycles. The zero-order chi connectivity index (χ0) is 26.7. The van der Waals surface area contributed by atoms with Crippen LogP contribution in [0.15, 0.2) is 70.6 Å². The number of carboxylic acid groups (broad SMARTS) is 1. The summed E-state index contributed by atoms with van der Waals surface area (Å²) < 4.78 is 51.5. The van der Waals surface area contributed by atoms with Crippen LogP contribution in [0.5, 0.6) is 11.5 Å². The fraction of sp³-hybridized carbons (Fsp3) is 0.120. The van der Waals surface area contributed by atoms with Gasteiger partial charge in [-0.1, -0.05) is 35.9 Å². The highest BCUT2D eigenvalue weighted by Gasteiger charge is 2.31. The molecule has 0 amide bonds. The lowest BCUT2D eigenvalue weighted by Gasteiger charge is -2.14. The Bertz CT molecular complexity index is 1580. The van der Waals surface area contributed by atoms with Crippen LogP contribution in [0.3, 0.4) is 0 Å². The highest BCUT2D eigenvalue weighted by Crippen LogP contribution is 2.34. The van der Waals surface area contributed by atoms with E-state index < -0.39 is 29.9 Å². The number of carbonyl (C=O) groups is 1. The average Bonchev–Trinajstić information content (AvgIpc) is 2.86. The third-order valence-corrected chi connectivity index (χ3v) is 5.34. The number of ether oxygens (including phenoxy) is 2. The van der Waals surface area contributed by atoms with Gasteiger partial charge in [-0.25, -0.2) is 9.78 Å². The van der Waals surface area contributed by atoms with Crippen LogP contribution >= 0.6 is 11.6 Å². The van der Waals surface area contributed by atoms with Gasteiger partial charge in [0.1, 0.15) is 0 Å². The van der Waals surface area contributed by atoms with Crippen molar-refractivity contribution in [3.05, 3.63) is 87.2 Å². The summed E-state index contributed by atoms with van der Waals surface area (Å²) >= 11 is 6.14. The van der Waals surface area contributed by atoms with Gasteiger partial charge >= 0.3 is 12.1 Å². The molecule has 4 aromatic rings. The number of aromatic nitrogens is 2. The third-order valence-electron chi connectivity index (χ3n) is 5.12. The number of methoxy groups -OCH3 is 1. The summed E-state index contributed by atoms with van der Waals surface area (Å²) in [5, 5.41) is 13.6. The number of alkyl halides is 3. The summed E-state index contributed by atoms with van der Waals surface area (Å²) in [6.45, 7) is -0.703. The van der Waals surface area contributed by atoms with Gasteiger partial charge in [-0.3, -0.25) is 4.79 Å². The van der Waals surface area contributed by atoms with Crippen molar-refractivity contribution in [2.75, 3.05) is 13.7 Å². The summed E-state index contributed by atoms with van der Waals surface area (Å²) in [6, 6.07) is 13.5. The van der Waals surface area contributed by atoms with Crippen LogP contribution in [0, 0.1) is 0 Å². The van der Waals surface area contributed by atoms with E-state index in [2.05, 4.69) is 10.1 Å². The monoisotopic (exact) mass is 531 g/mol. The van der Waals surface area contributed by atoms with E-state index in [1.54, 1.807) is 18.2 Å². The van der Waals surface area contributed by atoms with Crippen LogP contribution in [0.2, 0.25) is 5.02 Å². The van der Waals surface area contributed by atoms with Gasteiger partial charge in [0.15, 0.2) is 23.9 Å². The van der Waals surface area contributed by atoms with Crippen LogP contribution in [0.25, 0.3) is 22.3 Å². The molecule has 8 nitrogen and oxygen atoms in total. The minimum absolute atomic E-state index is 0.000790. The molecule has 37 heavy (non-hydrogen) atoms. The van der Waals surface area contributed by atoms with Gasteiger partial charge in [0.2, 0.25) is 0 Å². The molecule has 0 spiro atoms. The molecule has 1 N–H and O–H groups in total. The van der Waals surface area contributed by atoms with Gasteiger partial charge in [-0.2, -0.15) is 22.9 Å². The molecule has 0 saturated carbocycles. The largest absolute Gasteiger partial charge is 0.493 e. The van der Waals surface area contributed by atoms with E-state index in [4.69, 9.17) is 26.2 Å². The van der Waals surface area contributed by atoms with Crippen molar-refractivity contribution in [1.29, 1.82) is 0 Å². The molecule has 1 heterocycles. The van der Waals surface area contributed by atoms with Gasteiger partial charge < -0.3 is 14.6 Å². The summed E-state index contributed by atoms with van der Waals surface area (Å²) in [5.41, 5.74) is -1.15. The SMILES string of the molecule is COc1cc(Cl)cc(C=Nn2c(-c3cccc(C(F)(F)F)c3)nc3ccccc3c2=O)c1OCC(=O)O. The zero-order valence-electron chi connectivity index (χ0n) is 19.0. The molecular weight excluding hydrogens is 515 g/mol. The molecule has 0 radical (unpaired) electrons. The quantitative estimate of drug-likeness (QED) is 0.333. The van der Waals surface area contributed by atoms with Crippen molar-refractivity contribution in [2.45, 2.75) is 6.18 Å². The second kappa shape index (κ2) is 10.3. The number of hydrogen-bond acceptors (Lipinski definition) is 6. The molecule has 0 aliphatic heterocycles. The highest BCUT2D eigenvalue weighted by atomic mass is 35.5. The Balaban J connectivity index is 1.93. The Morgan fingerprint density at radius 3 is 2.62 bits per heavy atom. The number of nitrogens with zero attached hydrogens (tertiary/aromatic N) is 3. The Hall–Kier alpha value is -4.38. The summed E-state index contributed by atoms with van der Waals surface area (Å²) in [6.07, 6.45) is -3.46. The Morgan fingerprint density at radius 2 is 1.92 bits per heavy atom. The molecule has 0 saturated heterocycles. The van der Waals surface area contributed by atoms with Gasteiger partial charge in [0.05, 0.1) is 29.8 Å². The Labute approximate surface area is 212 Å². The minimum Gasteiger partial charge on any atom is -0.493 e. The number of rotatable bonds is 7. The molecule has 190 valence electrons. The predicted octanol–water partition coefficient (Wildman–Crippen LogP) is 5.09. The van der Waals surface area contributed by atoms with E-state index in [0.29, 0.717) is 0 Å². The van der Waals surface area contributed by atoms with Gasteiger partial charge in [-0.15, -0.1) is 0 Å². The normalized spacial score (nSPS) is 11.7. The number of fused-ring (bicyclic) bond motifs is 1. The number of aliphatic carboxylic acids is 1. The first-order valence-corrected chi connectivity index (χ1v) is 10.9. The van der Waals surface area contributed by atoms with E-state index in [0.717, 1.165) is 23.0 Å². The third kappa shape index (κ3) is 5.56. The maximum absolute atomic E-state index is 13.4. The van der Waals surface area contributed by atoms with E-state index >= 15 is 0 Å². The summed E-state index contributed by atoms with van der Waals surface area (Å²) in [4.78, 5) is 28.8. The molecule has 4 rings (SSSR count). The van der Waals surface area contributed by atoms with Crippen LogP contribution in [0.4, 0.5) is 13.2 Å². The predicted molar refractivity (Wildman–Crippen MR) is 131 cm³/mol. The number of carboxylic acids is 1. The molecule has 3 aromatic carbocycles. The van der Waals surface area contributed by atoms with E-state index in [9.17, 15) is 22.8 Å². The van der Waals surface area contributed by atoms with E-state index in [1.807, 2.05) is 0 Å². The smallest absolute Gasteiger partial charge is 0.416 e. The first kappa shape index (κ1) is 25.7. The van der Waals surface area contributed by atoms with Gasteiger partial charge in [0.25, 0.3) is 5.56 Å². The lowest BCUT2D eigenvalue weighted by Crippen LogP contribution is -2.20. The number of hydrogen-bond donors (Lipinski definition) is 1. The molecule has 0 bridgehead atoms. The topological polar surface area (TPSA) is 103 Å². The maximum atomic E-state index is 13.4. The van der Waals surface area contributed by atoms with E-state index in [-0.39, 0.29) is 44.4 Å². The van der Waals surface area contributed by atoms with Crippen molar-refractivity contribution in [2.24, 2.45) is 5.10 Å². The van der Waals surface area contributed by atoms with Crippen molar-refractivity contribution in [1.82, 2.24) is 9.66 Å². The van der Waals surface area contributed by atoms with Crippen molar-refractivity contribution >= 4 is 34.7 Å². The summed E-state index contributed by atoms with van der Waals surface area (Å²) in [7, 11) is 1.32. The molecule has 1 aromatic heterocycles. The highest BCUT2D eigenvalue weighted by molar-refractivity contribution is 6.31. The maximum Gasteiger partial charge on any atom is 0.416 e. The standard InChI is InChI=1S/C25H17ClF3N3O5/c1-36-20-11-17(26)10-15(22(20)37-13-21(33)34)12-30-32-23(14-5-4-6-16(9-14)25(27,28)29)31-19-8-3-2-7-18(19)24(32)35/h2-12H,13H2,1H3,(H,33,34). The van der Waals surface area contributed by atoms with Crippen molar-refractivity contribution in [3.8, 4) is 22.9 Å². The lowest BCUT2D eigenvalue weighted by molar-refractivity contribution is -0.139. The van der Waals surface area contributed by atoms with Crippen LogP contribution in [0.1, 0.15) is 11.1 Å². The van der Waals surface area contributed by atoms with Crippen LogP contribution in [-0.4, -0.2) is 40.7 Å². The minimum atomic E-state index is -4.62. The Kier molecular flexibility index (Phi) is 7.16. The molecule has 0 aliphatic rings. The lowest BCUT2D eigenvalue weighted by atomic mass is 10.1. The second-order valence-electron chi connectivity index (χ2n) is 7.60. The van der Waals surface area contributed by atoms with Gasteiger partial charge in [-0.05, 0) is 30.3 Å². The first-order valence-electron chi connectivity index (χ1n) is 10.5. The van der Waals surface area contributed by atoms with Crippen molar-refractivity contribution in [3.63, 3.8) is 0 Å². The second-order valence-corrected chi connectivity index (χ2v) is 8.04. The molecular formula is C25H17ClF3N3O5. The van der Waals surface area contributed by atoms with Crippen molar-refractivity contribution < 1.29 is 32.5 Å². The average molecular weight is 532 g/mol. The van der Waals surface area contributed by atoms with Gasteiger partial charge in [0, 0.05) is 22.2 Å². The van der Waals surface area contributed by atoms with Crippen LogP contribution in [-0.2, 0) is 11.0 Å². The number of para-hydroxylation sites is 1. The number of benzene rings is 3. The fourth-order valence-corrected chi connectivity index (χ4v) is 3.71. The molecule has 0 atom stereocenters. The molecule has 12 heteroatoms.